The summed E-state index contributed by atoms with van der Waals surface area (Å²) < 4.78 is 1.82. The van der Waals surface area contributed by atoms with Gasteiger partial charge in [-0.2, -0.15) is 0 Å². The number of aliphatic imine (C=N–C) groups is 1. The van der Waals surface area contributed by atoms with Crippen LogP contribution < -0.4 is 21.1 Å². The van der Waals surface area contributed by atoms with E-state index in [4.69, 9.17) is 10.7 Å². The van der Waals surface area contributed by atoms with Crippen molar-refractivity contribution in [2.75, 3.05) is 37.0 Å². The number of aryl methyl sites for hydroxylation is 2. The van der Waals surface area contributed by atoms with Gasteiger partial charge < -0.3 is 20.1 Å². The molecule has 7 nitrogen and oxygen atoms in total. The largest absolute Gasteiger partial charge is 0.404 e. The molecule has 0 spiro atoms. The highest BCUT2D eigenvalue weighted by molar-refractivity contribution is 6.09. The van der Waals surface area contributed by atoms with Crippen LogP contribution in [0.3, 0.4) is 0 Å². The van der Waals surface area contributed by atoms with Gasteiger partial charge in [-0.1, -0.05) is 19.3 Å². The fourth-order valence-electron chi connectivity index (χ4n) is 5.80. The highest BCUT2D eigenvalue weighted by Crippen LogP contribution is 2.43. The number of fused-ring (bicyclic) bond motifs is 2. The molecular weight excluding hydrogens is 448 g/mol. The van der Waals surface area contributed by atoms with E-state index in [1.807, 2.05) is 24.7 Å². The normalized spacial score (nSPS) is 17.3. The highest BCUT2D eigenvalue weighted by atomic mass is 16.1. The average Bonchev–Trinajstić information content (AvgIpc) is 2.91. The maximum Gasteiger partial charge on any atom is 0.253 e. The third-order valence-corrected chi connectivity index (χ3v) is 7.86. The van der Waals surface area contributed by atoms with E-state index in [0.717, 1.165) is 57.9 Å². The van der Waals surface area contributed by atoms with Crippen LogP contribution in [0.25, 0.3) is 16.5 Å². The first-order valence-corrected chi connectivity index (χ1v) is 12.9. The Labute approximate surface area is 213 Å². The molecule has 0 radical (unpaired) electrons. The Balaban J connectivity index is 1.71. The molecule has 0 bridgehead atoms. The van der Waals surface area contributed by atoms with Crippen LogP contribution in [0.4, 0.5) is 17.1 Å². The molecule has 5 rings (SSSR count). The smallest absolute Gasteiger partial charge is 0.253 e. The summed E-state index contributed by atoms with van der Waals surface area (Å²) in [7, 11) is 5.74. The number of hydrogen-bond acceptors (Lipinski definition) is 6. The maximum atomic E-state index is 12.9. The number of nitrogens with two attached hydrogens (primary N) is 1. The Kier molecular flexibility index (Phi) is 6.56. The van der Waals surface area contributed by atoms with Crippen LogP contribution in [0.5, 0.6) is 0 Å². The van der Waals surface area contributed by atoms with Crippen LogP contribution >= 0.6 is 0 Å². The van der Waals surface area contributed by atoms with E-state index in [0.29, 0.717) is 5.92 Å². The molecule has 188 valence electrons. The lowest BCUT2D eigenvalue weighted by Gasteiger charge is -2.38. The van der Waals surface area contributed by atoms with Gasteiger partial charge >= 0.3 is 0 Å². The molecule has 2 aromatic heterocycles. The van der Waals surface area contributed by atoms with Crippen molar-refractivity contribution in [1.82, 2.24) is 9.55 Å². The van der Waals surface area contributed by atoms with E-state index in [1.165, 1.54) is 37.7 Å². The van der Waals surface area contributed by atoms with Gasteiger partial charge in [0.15, 0.2) is 0 Å². The summed E-state index contributed by atoms with van der Waals surface area (Å²) in [4.78, 5) is 26.4. The predicted molar refractivity (Wildman–Crippen MR) is 151 cm³/mol. The number of hydrogen-bond donors (Lipinski definition) is 1. The molecule has 1 saturated carbocycles. The summed E-state index contributed by atoms with van der Waals surface area (Å²) in [5, 5.41) is 1.11. The van der Waals surface area contributed by atoms with E-state index in [2.05, 4.69) is 46.1 Å². The second-order valence-corrected chi connectivity index (χ2v) is 10.1. The number of pyridine rings is 2. The zero-order chi connectivity index (χ0) is 25.4. The number of benzene rings is 1. The number of anilines is 3. The minimum absolute atomic E-state index is 0.0676. The fourth-order valence-corrected chi connectivity index (χ4v) is 5.80. The summed E-state index contributed by atoms with van der Waals surface area (Å²) in [6.45, 7) is 3.62. The topological polar surface area (TPSA) is 79.7 Å². The first-order chi connectivity index (χ1) is 17.4. The van der Waals surface area contributed by atoms with Gasteiger partial charge in [-0.25, -0.2) is 0 Å². The van der Waals surface area contributed by atoms with Crippen LogP contribution in [0.15, 0.2) is 46.4 Å². The molecule has 1 aliphatic carbocycles. The lowest BCUT2D eigenvalue weighted by Crippen LogP contribution is -2.37. The van der Waals surface area contributed by atoms with E-state index < -0.39 is 0 Å². The van der Waals surface area contributed by atoms with Crippen LogP contribution in [0.1, 0.15) is 54.8 Å². The molecule has 2 aliphatic rings. The first kappa shape index (κ1) is 24.1. The molecule has 0 amide bonds. The van der Waals surface area contributed by atoms with Crippen molar-refractivity contribution < 1.29 is 0 Å². The van der Waals surface area contributed by atoms with Gasteiger partial charge in [0.1, 0.15) is 0 Å². The highest BCUT2D eigenvalue weighted by Gasteiger charge is 2.27. The molecule has 1 fully saturated rings. The van der Waals surface area contributed by atoms with Gasteiger partial charge in [0, 0.05) is 63.2 Å². The first-order valence-electron chi connectivity index (χ1n) is 12.9. The van der Waals surface area contributed by atoms with Crippen LogP contribution in [0.2, 0.25) is 0 Å². The molecule has 2 N–H and O–H groups in total. The number of likely N-dealkylation sites (N-methyl/N-ethyl adjacent to an activating group) is 1. The van der Waals surface area contributed by atoms with Gasteiger partial charge in [0.2, 0.25) is 0 Å². The Bertz CT molecular complexity index is 1410. The number of aromatic nitrogens is 2. The van der Waals surface area contributed by atoms with Gasteiger partial charge in [-0.3, -0.25) is 14.8 Å². The Hall–Kier alpha value is -3.61. The molecule has 3 aromatic rings. The third kappa shape index (κ3) is 4.16. The molecule has 1 aromatic carbocycles. The molecule has 7 heteroatoms. The van der Waals surface area contributed by atoms with Crippen molar-refractivity contribution >= 4 is 39.8 Å². The van der Waals surface area contributed by atoms with E-state index >= 15 is 0 Å². The van der Waals surface area contributed by atoms with Crippen molar-refractivity contribution in [2.24, 2.45) is 17.8 Å². The Morgan fingerprint density at radius 1 is 1.06 bits per heavy atom. The zero-order valence-electron chi connectivity index (χ0n) is 21.8. The monoisotopic (exact) mass is 484 g/mol. The van der Waals surface area contributed by atoms with Crippen molar-refractivity contribution in [3.05, 3.63) is 63.8 Å². The molecule has 0 unspecified atom stereocenters. The van der Waals surface area contributed by atoms with Crippen molar-refractivity contribution in [1.29, 1.82) is 0 Å². The summed E-state index contributed by atoms with van der Waals surface area (Å²) in [5.41, 5.74) is 13.9. The number of allylic oxidation sites excluding steroid dienone is 1. The third-order valence-electron chi connectivity index (χ3n) is 7.86. The second kappa shape index (κ2) is 9.80. The van der Waals surface area contributed by atoms with Gasteiger partial charge in [-0.05, 0) is 55.5 Å². The van der Waals surface area contributed by atoms with E-state index in [-0.39, 0.29) is 5.56 Å². The summed E-state index contributed by atoms with van der Waals surface area (Å²) >= 11 is 0. The molecule has 3 heterocycles. The minimum Gasteiger partial charge on any atom is -0.404 e. The van der Waals surface area contributed by atoms with Crippen molar-refractivity contribution in [3.8, 4) is 0 Å². The predicted octanol–water partition coefficient (Wildman–Crippen LogP) is 4.88. The minimum atomic E-state index is 0.0676. The van der Waals surface area contributed by atoms with Crippen LogP contribution in [0, 0.1) is 6.92 Å². The molecule has 1 aliphatic heterocycles. The quantitative estimate of drug-likeness (QED) is 0.534. The zero-order valence-corrected chi connectivity index (χ0v) is 21.8. The molecule has 0 atom stereocenters. The van der Waals surface area contributed by atoms with Gasteiger partial charge in [0.05, 0.1) is 34.5 Å². The summed E-state index contributed by atoms with van der Waals surface area (Å²) in [6.07, 6.45) is 11.5. The van der Waals surface area contributed by atoms with Crippen molar-refractivity contribution in [2.45, 2.75) is 44.9 Å². The lowest BCUT2D eigenvalue weighted by atomic mass is 9.83. The van der Waals surface area contributed by atoms with Crippen molar-refractivity contribution in [3.63, 3.8) is 0 Å². The van der Waals surface area contributed by atoms with Gasteiger partial charge in [0.25, 0.3) is 5.56 Å². The molecular formula is C29H36N6O. The Morgan fingerprint density at radius 2 is 1.83 bits per heavy atom. The Morgan fingerprint density at radius 3 is 2.56 bits per heavy atom. The lowest BCUT2D eigenvalue weighted by molar-refractivity contribution is 0.444. The number of rotatable bonds is 4. The van der Waals surface area contributed by atoms with E-state index in [9.17, 15) is 4.79 Å². The van der Waals surface area contributed by atoms with E-state index in [1.54, 1.807) is 19.5 Å². The molecule has 0 saturated heterocycles. The number of nitrogens with zero attached hydrogens (tertiary/aromatic N) is 5. The fraction of sp³-hybridized carbons (Fsp3) is 0.414. The standard InChI is InChI=1S/C29H36N6O/c1-19-12-23-25(34(4)29(19)36)13-21(20-8-6-5-7-9-20)14-26(23)35-11-10-33(3)27-15-24(32-18-28(27)35)22(16-30)17-31-2/h12-18,20H,5-11,30H2,1-4H3. The average molecular weight is 485 g/mol. The molecule has 36 heavy (non-hydrogen) atoms. The summed E-state index contributed by atoms with van der Waals surface area (Å²) in [6, 6.07) is 8.79. The van der Waals surface area contributed by atoms with Gasteiger partial charge in [-0.15, -0.1) is 0 Å². The summed E-state index contributed by atoms with van der Waals surface area (Å²) in [5.74, 6) is 0.538. The SMILES string of the molecule is CN=CC(=CN)c1cc2c(cn1)N(c1cc(C3CCCCC3)cc3c1cc(C)c(=O)n3C)CCN2C. The van der Waals surface area contributed by atoms with Crippen LogP contribution in [-0.2, 0) is 7.05 Å². The maximum absolute atomic E-state index is 12.9. The van der Waals surface area contributed by atoms with Crippen LogP contribution in [-0.4, -0.2) is 43.0 Å². The second-order valence-electron chi connectivity index (χ2n) is 10.1.